The summed E-state index contributed by atoms with van der Waals surface area (Å²) in [5.74, 6) is 0.0555. The molecule has 4 heteroatoms. The Kier molecular flexibility index (Phi) is 3.29. The predicted octanol–water partition coefficient (Wildman–Crippen LogP) is 1.84. The zero-order valence-corrected chi connectivity index (χ0v) is 9.60. The average Bonchev–Trinajstić information content (AvgIpc) is 2.51. The van der Waals surface area contributed by atoms with Crippen LogP contribution in [0.4, 0.5) is 5.00 Å². The Labute approximate surface area is 88.5 Å². The second-order valence-corrected chi connectivity index (χ2v) is 5.00. The lowest BCUT2D eigenvalue weighted by Crippen LogP contribution is -2.39. The topological polar surface area (TPSA) is 46.3 Å². The molecule has 1 aromatic heterocycles. The predicted molar refractivity (Wildman–Crippen MR) is 60.6 cm³/mol. The van der Waals surface area contributed by atoms with E-state index in [4.69, 9.17) is 5.73 Å². The highest BCUT2D eigenvalue weighted by atomic mass is 32.1. The van der Waals surface area contributed by atoms with Crippen molar-refractivity contribution in [2.75, 3.05) is 11.9 Å². The minimum absolute atomic E-state index is 0.0555. The first-order valence-corrected chi connectivity index (χ1v) is 5.37. The Bertz CT molecular complexity index is 300. The van der Waals surface area contributed by atoms with E-state index in [0.29, 0.717) is 6.42 Å². The molecule has 1 aromatic rings. The molecule has 0 unspecified atom stereocenters. The lowest BCUT2D eigenvalue weighted by atomic mass is 10.0. The lowest BCUT2D eigenvalue weighted by molar-refractivity contribution is -0.119. The maximum Gasteiger partial charge on any atom is 0.229 e. The van der Waals surface area contributed by atoms with Gasteiger partial charge in [-0.15, -0.1) is 11.3 Å². The molecule has 78 valence electrons. The highest BCUT2D eigenvalue weighted by molar-refractivity contribution is 7.14. The van der Waals surface area contributed by atoms with E-state index in [-0.39, 0.29) is 5.91 Å². The maximum absolute atomic E-state index is 11.7. The van der Waals surface area contributed by atoms with Crippen molar-refractivity contribution in [3.63, 3.8) is 0 Å². The monoisotopic (exact) mass is 212 g/mol. The number of thiophene rings is 1. The van der Waals surface area contributed by atoms with E-state index in [0.717, 1.165) is 5.00 Å². The molecule has 1 amide bonds. The average molecular weight is 212 g/mol. The van der Waals surface area contributed by atoms with Crippen LogP contribution in [-0.4, -0.2) is 18.5 Å². The minimum atomic E-state index is -0.442. The summed E-state index contributed by atoms with van der Waals surface area (Å²) in [6.45, 7) is 3.71. The molecule has 0 atom stereocenters. The molecule has 0 aliphatic heterocycles. The molecule has 2 N–H and O–H groups in total. The van der Waals surface area contributed by atoms with Gasteiger partial charge in [0, 0.05) is 19.0 Å². The van der Waals surface area contributed by atoms with Crippen LogP contribution >= 0.6 is 11.3 Å². The van der Waals surface area contributed by atoms with Crippen LogP contribution in [0.15, 0.2) is 17.5 Å². The summed E-state index contributed by atoms with van der Waals surface area (Å²) < 4.78 is 0. The van der Waals surface area contributed by atoms with Crippen molar-refractivity contribution in [2.45, 2.75) is 25.8 Å². The van der Waals surface area contributed by atoms with Crippen molar-refractivity contribution in [2.24, 2.45) is 5.73 Å². The number of nitrogens with two attached hydrogens (primary N) is 1. The van der Waals surface area contributed by atoms with Crippen LogP contribution in [-0.2, 0) is 4.79 Å². The standard InChI is InChI=1S/C10H16N2OS/c1-10(2,11)7-8(13)12(3)9-5-4-6-14-9/h4-6H,7,11H2,1-3H3. The number of carbonyl (C=O) groups excluding carboxylic acids is 1. The smallest absolute Gasteiger partial charge is 0.229 e. The number of anilines is 1. The van der Waals surface area contributed by atoms with Crippen molar-refractivity contribution in [3.8, 4) is 0 Å². The third kappa shape index (κ3) is 3.12. The van der Waals surface area contributed by atoms with E-state index in [1.165, 1.54) is 0 Å². The van der Waals surface area contributed by atoms with E-state index in [1.54, 1.807) is 23.3 Å². The molecule has 0 saturated heterocycles. The van der Waals surface area contributed by atoms with E-state index in [2.05, 4.69) is 0 Å². The fourth-order valence-corrected chi connectivity index (χ4v) is 1.81. The van der Waals surface area contributed by atoms with Gasteiger partial charge in [-0.2, -0.15) is 0 Å². The van der Waals surface area contributed by atoms with Gasteiger partial charge in [-0.3, -0.25) is 4.79 Å². The normalized spacial score (nSPS) is 11.4. The second kappa shape index (κ2) is 4.11. The molecule has 1 rings (SSSR count). The Morgan fingerprint density at radius 3 is 2.71 bits per heavy atom. The van der Waals surface area contributed by atoms with Crippen LogP contribution in [0, 0.1) is 0 Å². The Morgan fingerprint density at radius 2 is 2.29 bits per heavy atom. The quantitative estimate of drug-likeness (QED) is 0.831. The fourth-order valence-electron chi connectivity index (χ4n) is 1.09. The molecule has 0 fully saturated rings. The van der Waals surface area contributed by atoms with E-state index < -0.39 is 5.54 Å². The lowest BCUT2D eigenvalue weighted by Gasteiger charge is -2.22. The van der Waals surface area contributed by atoms with Crippen LogP contribution in [0.25, 0.3) is 0 Å². The van der Waals surface area contributed by atoms with Crippen molar-refractivity contribution in [3.05, 3.63) is 17.5 Å². The number of nitrogens with zero attached hydrogens (tertiary/aromatic N) is 1. The zero-order valence-electron chi connectivity index (χ0n) is 8.78. The molecule has 0 bridgehead atoms. The summed E-state index contributed by atoms with van der Waals surface area (Å²) >= 11 is 1.55. The van der Waals surface area contributed by atoms with Gasteiger partial charge in [0.05, 0.1) is 5.00 Å². The summed E-state index contributed by atoms with van der Waals surface area (Å²) in [4.78, 5) is 13.4. The molecule has 0 spiro atoms. The van der Waals surface area contributed by atoms with E-state index in [1.807, 2.05) is 31.4 Å². The molecule has 1 heterocycles. The van der Waals surface area contributed by atoms with Crippen LogP contribution in [0.1, 0.15) is 20.3 Å². The summed E-state index contributed by atoms with van der Waals surface area (Å²) in [5.41, 5.74) is 5.34. The first-order valence-electron chi connectivity index (χ1n) is 4.49. The minimum Gasteiger partial charge on any atom is -0.325 e. The van der Waals surface area contributed by atoms with Crippen molar-refractivity contribution >= 4 is 22.2 Å². The number of carbonyl (C=O) groups is 1. The molecule has 3 nitrogen and oxygen atoms in total. The molecule has 0 aliphatic rings. The summed E-state index contributed by atoms with van der Waals surface area (Å²) in [5, 5.41) is 2.91. The van der Waals surface area contributed by atoms with Crippen molar-refractivity contribution < 1.29 is 4.79 Å². The highest BCUT2D eigenvalue weighted by Crippen LogP contribution is 2.21. The first-order chi connectivity index (χ1) is 6.40. The summed E-state index contributed by atoms with van der Waals surface area (Å²) in [7, 11) is 1.78. The van der Waals surface area contributed by atoms with Crippen molar-refractivity contribution in [1.82, 2.24) is 0 Å². The van der Waals surface area contributed by atoms with Crippen molar-refractivity contribution in [1.29, 1.82) is 0 Å². The number of hydrogen-bond donors (Lipinski definition) is 1. The van der Waals surface area contributed by atoms with Gasteiger partial charge in [-0.1, -0.05) is 0 Å². The van der Waals surface area contributed by atoms with Crippen LogP contribution in [0.5, 0.6) is 0 Å². The van der Waals surface area contributed by atoms with Gasteiger partial charge in [0.15, 0.2) is 0 Å². The maximum atomic E-state index is 11.7. The molecule has 0 aromatic carbocycles. The van der Waals surface area contributed by atoms with Crippen LogP contribution in [0.3, 0.4) is 0 Å². The van der Waals surface area contributed by atoms with Gasteiger partial charge in [0.1, 0.15) is 0 Å². The fraction of sp³-hybridized carbons (Fsp3) is 0.500. The molecule has 0 saturated carbocycles. The first kappa shape index (κ1) is 11.2. The number of hydrogen-bond acceptors (Lipinski definition) is 3. The highest BCUT2D eigenvalue weighted by Gasteiger charge is 2.20. The van der Waals surface area contributed by atoms with Gasteiger partial charge in [-0.25, -0.2) is 0 Å². The SMILES string of the molecule is CN(C(=O)CC(C)(C)N)c1cccs1. The molecular formula is C10H16N2OS. The Morgan fingerprint density at radius 1 is 1.64 bits per heavy atom. The third-order valence-corrected chi connectivity index (χ3v) is 2.76. The zero-order chi connectivity index (χ0) is 10.8. The van der Waals surface area contributed by atoms with Crippen LogP contribution in [0.2, 0.25) is 0 Å². The molecule has 0 radical (unpaired) electrons. The van der Waals surface area contributed by atoms with Gasteiger partial charge in [0.2, 0.25) is 5.91 Å². The number of rotatable bonds is 3. The Hall–Kier alpha value is -0.870. The van der Waals surface area contributed by atoms with Gasteiger partial charge < -0.3 is 10.6 Å². The van der Waals surface area contributed by atoms with Gasteiger partial charge in [-0.05, 0) is 31.4 Å². The second-order valence-electron chi connectivity index (χ2n) is 4.07. The molecule has 0 aliphatic carbocycles. The number of amides is 1. The molecule has 14 heavy (non-hydrogen) atoms. The molecular weight excluding hydrogens is 196 g/mol. The third-order valence-electron chi connectivity index (χ3n) is 1.82. The van der Waals surface area contributed by atoms with Crippen LogP contribution < -0.4 is 10.6 Å². The summed E-state index contributed by atoms with van der Waals surface area (Å²) in [6.07, 6.45) is 0.362. The van der Waals surface area contributed by atoms with Gasteiger partial charge in [0.25, 0.3) is 0 Å². The largest absolute Gasteiger partial charge is 0.325 e. The summed E-state index contributed by atoms with van der Waals surface area (Å²) in [6, 6.07) is 3.85. The van der Waals surface area contributed by atoms with E-state index >= 15 is 0 Å². The Balaban J connectivity index is 2.63. The van der Waals surface area contributed by atoms with E-state index in [9.17, 15) is 4.79 Å². The van der Waals surface area contributed by atoms with Gasteiger partial charge >= 0.3 is 0 Å².